The monoisotopic (exact) mass is 385 g/mol. The average molecular weight is 386 g/mol. The summed E-state index contributed by atoms with van der Waals surface area (Å²) in [5.41, 5.74) is 1.14. The summed E-state index contributed by atoms with van der Waals surface area (Å²) in [6.45, 7) is 2.22. The molecule has 1 fully saturated rings. The Labute approximate surface area is 160 Å². The molecule has 2 atom stereocenters. The van der Waals surface area contributed by atoms with Gasteiger partial charge in [0.05, 0.1) is 0 Å². The minimum Gasteiger partial charge on any atom is -0.348 e. The third-order valence-corrected chi connectivity index (χ3v) is 6.14. The lowest BCUT2D eigenvalue weighted by Gasteiger charge is -2.43. The van der Waals surface area contributed by atoms with Crippen LogP contribution in [-0.2, 0) is 11.3 Å². The van der Waals surface area contributed by atoms with Crippen LogP contribution in [0.25, 0.3) is 6.08 Å². The van der Waals surface area contributed by atoms with Crippen molar-refractivity contribution in [3.63, 3.8) is 0 Å². The topological polar surface area (TPSA) is 54.3 Å². The zero-order chi connectivity index (χ0) is 18.1. The third-order valence-electron chi connectivity index (χ3n) is 4.94. The van der Waals surface area contributed by atoms with E-state index in [0.717, 1.165) is 36.6 Å². The molecule has 2 aromatic heterocycles. The Morgan fingerprint density at radius 1 is 1.23 bits per heavy atom. The van der Waals surface area contributed by atoms with Gasteiger partial charge in [0.1, 0.15) is 0 Å². The quantitative estimate of drug-likeness (QED) is 0.637. The van der Waals surface area contributed by atoms with Gasteiger partial charge in [-0.2, -0.15) is 0 Å². The Hall–Kier alpha value is -2.25. The van der Waals surface area contributed by atoms with Crippen molar-refractivity contribution in [3.05, 3.63) is 62.7 Å². The molecule has 2 aliphatic rings. The first-order valence-electron chi connectivity index (χ1n) is 8.61. The first kappa shape index (κ1) is 17.2. The van der Waals surface area contributed by atoms with Crippen molar-refractivity contribution in [1.29, 1.82) is 0 Å². The van der Waals surface area contributed by atoms with Crippen LogP contribution in [0.1, 0.15) is 22.9 Å². The second-order valence-corrected chi connectivity index (χ2v) is 8.11. The Kier molecular flexibility index (Phi) is 4.74. The van der Waals surface area contributed by atoms with Gasteiger partial charge in [0.15, 0.2) is 5.11 Å². The number of rotatable bonds is 2. The second-order valence-electron chi connectivity index (χ2n) is 6.75. The predicted octanol–water partition coefficient (Wildman–Crippen LogP) is 2.44. The van der Waals surface area contributed by atoms with Crippen LogP contribution in [-0.4, -0.2) is 33.6 Å². The highest BCUT2D eigenvalue weighted by molar-refractivity contribution is 7.80. The fourth-order valence-electron chi connectivity index (χ4n) is 3.83. The molecule has 134 valence electrons. The predicted molar refractivity (Wildman–Crippen MR) is 107 cm³/mol. The number of thiophene rings is 1. The number of nitrogens with one attached hydrogen (secondary N) is 1. The SMILES string of the molecule is O=C(/C=C/c1cccs1)NC(=S)N1CC2C[C@H](C1)Cn1c2cccc1=O. The average Bonchev–Trinajstić information content (AvgIpc) is 3.14. The lowest BCUT2D eigenvalue weighted by Crippen LogP contribution is -2.52. The standard InChI is InChI=1S/C19H19N3O2S2/c23-17(7-6-15-3-2-8-26-15)20-19(25)21-10-13-9-14(12-21)16-4-1-5-18(24)22(16)11-13/h1-8,13-14H,9-12H2,(H,20,23,25)/b7-6+/t13-,14?/m1/s1. The van der Waals surface area contributed by atoms with E-state index in [1.54, 1.807) is 23.5 Å². The van der Waals surface area contributed by atoms with Crippen LogP contribution in [0, 0.1) is 5.92 Å². The highest BCUT2D eigenvalue weighted by Gasteiger charge is 2.35. The number of carbonyl (C=O) groups is 1. The van der Waals surface area contributed by atoms with Crippen molar-refractivity contribution < 1.29 is 4.79 Å². The van der Waals surface area contributed by atoms with E-state index < -0.39 is 0 Å². The van der Waals surface area contributed by atoms with Gasteiger partial charge >= 0.3 is 0 Å². The Balaban J connectivity index is 1.42. The van der Waals surface area contributed by atoms with Gasteiger partial charge in [0.25, 0.3) is 5.56 Å². The van der Waals surface area contributed by atoms with E-state index in [0.29, 0.717) is 11.0 Å². The number of thiocarbonyl (C=S) groups is 1. The normalized spacial score (nSPS) is 21.5. The van der Waals surface area contributed by atoms with Crippen molar-refractivity contribution in [2.24, 2.45) is 5.92 Å². The largest absolute Gasteiger partial charge is 0.348 e. The fourth-order valence-corrected chi connectivity index (χ4v) is 4.70. The molecule has 0 saturated carbocycles. The number of fused-ring (bicyclic) bond motifs is 4. The summed E-state index contributed by atoms with van der Waals surface area (Å²) in [4.78, 5) is 27.3. The van der Waals surface area contributed by atoms with Crippen LogP contribution >= 0.6 is 23.6 Å². The van der Waals surface area contributed by atoms with Gasteiger partial charge in [-0.25, -0.2) is 0 Å². The molecule has 0 aliphatic carbocycles. The van der Waals surface area contributed by atoms with Crippen molar-refractivity contribution in [2.75, 3.05) is 13.1 Å². The van der Waals surface area contributed by atoms with Gasteiger partial charge in [-0.1, -0.05) is 12.1 Å². The minimum atomic E-state index is -0.212. The molecular formula is C19H19N3O2S2. The van der Waals surface area contributed by atoms with E-state index in [1.165, 1.54) is 6.08 Å². The molecule has 0 aromatic carbocycles. The Morgan fingerprint density at radius 2 is 2.12 bits per heavy atom. The molecule has 1 saturated heterocycles. The Bertz CT molecular complexity index is 917. The van der Waals surface area contributed by atoms with Crippen molar-refractivity contribution in [3.8, 4) is 0 Å². The minimum absolute atomic E-state index is 0.0697. The van der Waals surface area contributed by atoms with Gasteiger partial charge in [-0.05, 0) is 48.1 Å². The molecule has 0 radical (unpaired) electrons. The molecule has 26 heavy (non-hydrogen) atoms. The summed E-state index contributed by atoms with van der Waals surface area (Å²) in [6, 6.07) is 9.37. The smallest absolute Gasteiger partial charge is 0.250 e. The van der Waals surface area contributed by atoms with Crippen LogP contribution in [0.4, 0.5) is 0 Å². The van der Waals surface area contributed by atoms with Gasteiger partial charge in [-0.15, -0.1) is 11.3 Å². The van der Waals surface area contributed by atoms with Gasteiger partial charge in [0, 0.05) is 48.3 Å². The van der Waals surface area contributed by atoms with Crippen molar-refractivity contribution in [1.82, 2.24) is 14.8 Å². The van der Waals surface area contributed by atoms with E-state index in [1.807, 2.05) is 34.2 Å². The summed E-state index contributed by atoms with van der Waals surface area (Å²) in [5, 5.41) is 5.24. The maximum atomic E-state index is 12.1. The van der Waals surface area contributed by atoms with Crippen molar-refractivity contribution in [2.45, 2.75) is 18.9 Å². The van der Waals surface area contributed by atoms with Crippen molar-refractivity contribution >= 4 is 40.7 Å². The summed E-state index contributed by atoms with van der Waals surface area (Å²) in [7, 11) is 0. The number of piperidine rings is 1. The number of likely N-dealkylation sites (tertiary alicyclic amines) is 1. The molecule has 4 heterocycles. The second kappa shape index (κ2) is 7.17. The zero-order valence-electron chi connectivity index (χ0n) is 14.1. The molecule has 2 aliphatic heterocycles. The first-order chi connectivity index (χ1) is 12.6. The number of amides is 1. The summed E-state index contributed by atoms with van der Waals surface area (Å²) < 4.78 is 1.89. The van der Waals surface area contributed by atoms with Crippen LogP contribution in [0.5, 0.6) is 0 Å². The molecule has 1 unspecified atom stereocenters. The van der Waals surface area contributed by atoms with E-state index in [-0.39, 0.29) is 17.4 Å². The summed E-state index contributed by atoms with van der Waals surface area (Å²) in [6.07, 6.45) is 4.36. The van der Waals surface area contributed by atoms with Crippen LogP contribution in [0.15, 0.2) is 46.6 Å². The molecule has 5 nitrogen and oxygen atoms in total. The highest BCUT2D eigenvalue weighted by atomic mass is 32.1. The number of aromatic nitrogens is 1. The van der Waals surface area contributed by atoms with E-state index in [4.69, 9.17) is 12.2 Å². The molecule has 2 aromatic rings. The number of carbonyl (C=O) groups excluding carboxylic acids is 1. The molecule has 2 bridgehead atoms. The number of pyridine rings is 1. The summed E-state index contributed by atoms with van der Waals surface area (Å²) >= 11 is 7.04. The molecular weight excluding hydrogens is 366 g/mol. The zero-order valence-corrected chi connectivity index (χ0v) is 15.8. The van der Waals surface area contributed by atoms with Gasteiger partial charge < -0.3 is 9.47 Å². The molecule has 4 rings (SSSR count). The van der Waals surface area contributed by atoms with Crippen LogP contribution < -0.4 is 10.9 Å². The lowest BCUT2D eigenvalue weighted by molar-refractivity contribution is -0.115. The Morgan fingerprint density at radius 3 is 2.92 bits per heavy atom. The maximum absolute atomic E-state index is 12.1. The van der Waals surface area contributed by atoms with Crippen LogP contribution in [0.3, 0.4) is 0 Å². The van der Waals surface area contributed by atoms with Gasteiger partial charge in [-0.3, -0.25) is 14.9 Å². The number of hydrogen-bond donors (Lipinski definition) is 1. The molecule has 0 spiro atoms. The number of nitrogens with zero attached hydrogens (tertiary/aromatic N) is 2. The van der Waals surface area contributed by atoms with Gasteiger partial charge in [0.2, 0.25) is 5.91 Å². The maximum Gasteiger partial charge on any atom is 0.250 e. The highest BCUT2D eigenvalue weighted by Crippen LogP contribution is 2.34. The van der Waals surface area contributed by atoms with Crippen LogP contribution in [0.2, 0.25) is 0 Å². The van der Waals surface area contributed by atoms with E-state index in [9.17, 15) is 9.59 Å². The molecule has 1 amide bonds. The number of hydrogen-bond acceptors (Lipinski definition) is 4. The third kappa shape index (κ3) is 3.50. The first-order valence-corrected chi connectivity index (χ1v) is 9.90. The van der Waals surface area contributed by atoms with E-state index >= 15 is 0 Å². The molecule has 7 heteroatoms. The fraction of sp³-hybridized carbons (Fsp3) is 0.316. The summed E-state index contributed by atoms with van der Waals surface area (Å²) in [5.74, 6) is 0.432. The van der Waals surface area contributed by atoms with E-state index in [2.05, 4.69) is 10.2 Å². The lowest BCUT2D eigenvalue weighted by atomic mass is 9.83. The molecule has 1 N–H and O–H groups in total.